The molecular formula is C48H32N2O. The Morgan fingerprint density at radius 2 is 0.941 bits per heavy atom. The van der Waals surface area contributed by atoms with Crippen molar-refractivity contribution in [3.8, 4) is 27.9 Å². The number of aromatic nitrogens is 1. The normalized spacial score (nSPS) is 11.5. The molecule has 0 fully saturated rings. The van der Waals surface area contributed by atoms with Crippen molar-refractivity contribution in [3.63, 3.8) is 0 Å². The lowest BCUT2D eigenvalue weighted by molar-refractivity contribution is 0.669. The molecule has 2 aromatic heterocycles. The van der Waals surface area contributed by atoms with Gasteiger partial charge in [0.05, 0.1) is 22.1 Å². The van der Waals surface area contributed by atoms with Gasteiger partial charge in [-0.15, -0.1) is 0 Å². The molecule has 3 nitrogen and oxygen atoms in total. The van der Waals surface area contributed by atoms with Gasteiger partial charge < -0.3 is 13.9 Å². The van der Waals surface area contributed by atoms with Crippen molar-refractivity contribution in [3.05, 3.63) is 194 Å². The molecule has 8 aromatic carbocycles. The summed E-state index contributed by atoms with van der Waals surface area (Å²) in [6, 6.07) is 69.1. The molecule has 51 heavy (non-hydrogen) atoms. The highest BCUT2D eigenvalue weighted by atomic mass is 16.3. The molecule has 0 amide bonds. The standard InChI is InChI=1S/C48H32N2O/c1-3-14-33(15-4-1)38-18-7-8-19-39(38)34-26-28-36(29-27-34)49(35-16-5-2-6-17-35)37-30-31-41-40-20-9-11-22-43(40)50(45(41)32-37)44-23-13-25-47-48(44)42-21-10-12-24-46(42)51-47/h1-32H. The zero-order chi connectivity index (χ0) is 33.7. The maximum Gasteiger partial charge on any atom is 0.137 e. The lowest BCUT2D eigenvalue weighted by atomic mass is 9.94. The van der Waals surface area contributed by atoms with Crippen LogP contribution in [0, 0.1) is 0 Å². The quantitative estimate of drug-likeness (QED) is 0.178. The summed E-state index contributed by atoms with van der Waals surface area (Å²) in [5.41, 5.74) is 13.3. The first-order valence-electron chi connectivity index (χ1n) is 17.4. The molecule has 0 saturated carbocycles. The van der Waals surface area contributed by atoms with Crippen LogP contribution in [-0.2, 0) is 0 Å². The Morgan fingerprint density at radius 1 is 0.373 bits per heavy atom. The summed E-state index contributed by atoms with van der Waals surface area (Å²) in [4.78, 5) is 2.35. The molecule has 240 valence electrons. The van der Waals surface area contributed by atoms with Gasteiger partial charge in [0.15, 0.2) is 0 Å². The van der Waals surface area contributed by atoms with E-state index in [2.05, 4.69) is 191 Å². The molecule has 0 spiro atoms. The highest BCUT2D eigenvalue weighted by Gasteiger charge is 2.20. The van der Waals surface area contributed by atoms with Gasteiger partial charge in [0.25, 0.3) is 0 Å². The van der Waals surface area contributed by atoms with Crippen LogP contribution in [0.3, 0.4) is 0 Å². The molecule has 0 radical (unpaired) electrons. The fraction of sp³-hybridized carbons (Fsp3) is 0. The third-order valence-electron chi connectivity index (χ3n) is 10.00. The molecule has 10 rings (SSSR count). The summed E-state index contributed by atoms with van der Waals surface area (Å²) >= 11 is 0. The molecule has 0 unspecified atom stereocenters. The number of furan rings is 1. The zero-order valence-corrected chi connectivity index (χ0v) is 27.8. The Morgan fingerprint density at radius 3 is 1.73 bits per heavy atom. The summed E-state index contributed by atoms with van der Waals surface area (Å²) in [7, 11) is 0. The third-order valence-corrected chi connectivity index (χ3v) is 10.00. The average Bonchev–Trinajstić information content (AvgIpc) is 3.75. The van der Waals surface area contributed by atoms with Gasteiger partial charge in [-0.05, 0) is 82.9 Å². The van der Waals surface area contributed by atoms with Crippen LogP contribution < -0.4 is 4.90 Å². The number of anilines is 3. The summed E-state index contributed by atoms with van der Waals surface area (Å²) < 4.78 is 8.75. The second-order valence-corrected chi connectivity index (χ2v) is 12.9. The van der Waals surface area contributed by atoms with Crippen LogP contribution in [0.25, 0.3) is 71.7 Å². The second kappa shape index (κ2) is 11.9. The highest BCUT2D eigenvalue weighted by molar-refractivity contribution is 6.15. The minimum atomic E-state index is 0.885. The number of para-hydroxylation sites is 3. The van der Waals surface area contributed by atoms with Crippen molar-refractivity contribution < 1.29 is 4.42 Å². The molecular weight excluding hydrogens is 621 g/mol. The molecule has 0 aliphatic carbocycles. The van der Waals surface area contributed by atoms with E-state index in [1.807, 2.05) is 12.1 Å². The topological polar surface area (TPSA) is 21.3 Å². The van der Waals surface area contributed by atoms with Crippen molar-refractivity contribution in [2.24, 2.45) is 0 Å². The minimum absolute atomic E-state index is 0.885. The first kappa shape index (κ1) is 29.1. The Balaban J connectivity index is 1.16. The van der Waals surface area contributed by atoms with Crippen LogP contribution in [-0.4, -0.2) is 4.57 Å². The molecule has 0 bridgehead atoms. The van der Waals surface area contributed by atoms with E-state index in [0.29, 0.717) is 0 Å². The molecule has 10 aromatic rings. The van der Waals surface area contributed by atoms with E-state index in [0.717, 1.165) is 55.7 Å². The Hall–Kier alpha value is -6.84. The van der Waals surface area contributed by atoms with Gasteiger partial charge in [-0.2, -0.15) is 0 Å². The number of benzene rings is 8. The lowest BCUT2D eigenvalue weighted by Crippen LogP contribution is -2.10. The van der Waals surface area contributed by atoms with Crippen molar-refractivity contribution in [2.75, 3.05) is 4.90 Å². The molecule has 0 atom stereocenters. The van der Waals surface area contributed by atoms with Gasteiger partial charge in [-0.1, -0.05) is 133 Å². The summed E-state index contributed by atoms with van der Waals surface area (Å²) in [5, 5.41) is 4.66. The predicted octanol–water partition coefficient (Wildman–Crippen LogP) is 13.5. The monoisotopic (exact) mass is 652 g/mol. The molecule has 0 aliphatic heterocycles. The van der Waals surface area contributed by atoms with Gasteiger partial charge in [0, 0.05) is 33.2 Å². The van der Waals surface area contributed by atoms with Gasteiger partial charge in [0.2, 0.25) is 0 Å². The SMILES string of the molecule is c1ccc(-c2ccccc2-c2ccc(N(c3ccccc3)c3ccc4c5ccccc5n(-c5cccc6oc7ccccc7c56)c4c3)cc2)cc1. The van der Waals surface area contributed by atoms with Gasteiger partial charge in [0.1, 0.15) is 11.2 Å². The maximum absolute atomic E-state index is 6.35. The predicted molar refractivity (Wildman–Crippen MR) is 214 cm³/mol. The minimum Gasteiger partial charge on any atom is -0.456 e. The number of nitrogens with zero attached hydrogens (tertiary/aromatic N) is 2. The number of rotatable bonds is 6. The first-order valence-corrected chi connectivity index (χ1v) is 17.4. The Kier molecular flexibility index (Phi) is 6.81. The van der Waals surface area contributed by atoms with E-state index < -0.39 is 0 Å². The van der Waals surface area contributed by atoms with Gasteiger partial charge >= 0.3 is 0 Å². The van der Waals surface area contributed by atoms with Gasteiger partial charge in [-0.3, -0.25) is 0 Å². The van der Waals surface area contributed by atoms with Crippen LogP contribution >= 0.6 is 0 Å². The van der Waals surface area contributed by atoms with Crippen molar-refractivity contribution >= 4 is 60.8 Å². The Labute approximate surface area is 295 Å². The van der Waals surface area contributed by atoms with E-state index in [1.54, 1.807) is 0 Å². The first-order chi connectivity index (χ1) is 25.3. The van der Waals surface area contributed by atoms with E-state index in [1.165, 1.54) is 33.0 Å². The molecule has 2 heterocycles. The van der Waals surface area contributed by atoms with E-state index in [4.69, 9.17) is 4.42 Å². The fourth-order valence-electron chi connectivity index (χ4n) is 7.72. The number of fused-ring (bicyclic) bond motifs is 6. The Bertz CT molecular complexity index is 2850. The van der Waals surface area contributed by atoms with E-state index in [9.17, 15) is 0 Å². The largest absolute Gasteiger partial charge is 0.456 e. The van der Waals surface area contributed by atoms with E-state index in [-0.39, 0.29) is 0 Å². The molecule has 3 heteroatoms. The molecule has 0 N–H and O–H groups in total. The number of hydrogen-bond donors (Lipinski definition) is 0. The third kappa shape index (κ3) is 4.82. The van der Waals surface area contributed by atoms with Crippen molar-refractivity contribution in [1.82, 2.24) is 4.57 Å². The van der Waals surface area contributed by atoms with Crippen molar-refractivity contribution in [1.29, 1.82) is 0 Å². The fourth-order valence-corrected chi connectivity index (χ4v) is 7.72. The maximum atomic E-state index is 6.35. The molecule has 0 saturated heterocycles. The molecule has 0 aliphatic rings. The van der Waals surface area contributed by atoms with Crippen LogP contribution in [0.1, 0.15) is 0 Å². The van der Waals surface area contributed by atoms with Crippen LogP contribution in [0.5, 0.6) is 0 Å². The van der Waals surface area contributed by atoms with Gasteiger partial charge in [-0.25, -0.2) is 0 Å². The zero-order valence-electron chi connectivity index (χ0n) is 27.8. The van der Waals surface area contributed by atoms with Crippen LogP contribution in [0.4, 0.5) is 17.1 Å². The van der Waals surface area contributed by atoms with E-state index >= 15 is 0 Å². The summed E-state index contributed by atoms with van der Waals surface area (Å²) in [5.74, 6) is 0. The smallest absolute Gasteiger partial charge is 0.137 e. The summed E-state index contributed by atoms with van der Waals surface area (Å²) in [6.45, 7) is 0. The summed E-state index contributed by atoms with van der Waals surface area (Å²) in [6.07, 6.45) is 0. The lowest BCUT2D eigenvalue weighted by Gasteiger charge is -2.26. The second-order valence-electron chi connectivity index (χ2n) is 12.9. The van der Waals surface area contributed by atoms with Crippen LogP contribution in [0.2, 0.25) is 0 Å². The number of hydrogen-bond acceptors (Lipinski definition) is 2. The van der Waals surface area contributed by atoms with Crippen molar-refractivity contribution in [2.45, 2.75) is 0 Å². The highest BCUT2D eigenvalue weighted by Crippen LogP contribution is 2.42. The average molecular weight is 653 g/mol. The van der Waals surface area contributed by atoms with Crippen LogP contribution in [0.15, 0.2) is 199 Å².